The molecule has 1 aliphatic carbocycles. The van der Waals surface area contributed by atoms with Crippen LogP contribution in [-0.2, 0) is 0 Å². The number of carbonyl (C=O) groups is 1. The number of rotatable bonds is 2. The van der Waals surface area contributed by atoms with Gasteiger partial charge in [-0.2, -0.15) is 0 Å². The molecule has 0 heterocycles. The summed E-state index contributed by atoms with van der Waals surface area (Å²) in [4.78, 5) is 12.0. The van der Waals surface area contributed by atoms with Gasteiger partial charge >= 0.3 is 0 Å². The maximum Gasteiger partial charge on any atom is 0.194 e. The van der Waals surface area contributed by atoms with E-state index < -0.39 is 0 Å². The van der Waals surface area contributed by atoms with Gasteiger partial charge in [0.05, 0.1) is 0 Å². The summed E-state index contributed by atoms with van der Waals surface area (Å²) in [7, 11) is 0. The summed E-state index contributed by atoms with van der Waals surface area (Å²) >= 11 is 0. The van der Waals surface area contributed by atoms with Gasteiger partial charge in [-0.25, -0.2) is 0 Å². The van der Waals surface area contributed by atoms with Crippen LogP contribution in [0.2, 0.25) is 0 Å². The van der Waals surface area contributed by atoms with Crippen LogP contribution in [-0.4, -0.2) is 5.78 Å². The first-order valence-corrected chi connectivity index (χ1v) is 6.93. The molecule has 0 saturated carbocycles. The Morgan fingerprint density at radius 2 is 1.47 bits per heavy atom. The maximum atomic E-state index is 12.0. The van der Waals surface area contributed by atoms with Crippen molar-refractivity contribution in [2.75, 3.05) is 0 Å². The fourth-order valence-corrected chi connectivity index (χ4v) is 1.88. The Morgan fingerprint density at radius 1 is 0.947 bits per heavy atom. The average molecular weight is 256 g/mol. The Kier molecular flexibility index (Phi) is 8.19. The number of fused-ring (bicyclic) bond motifs is 1. The lowest BCUT2D eigenvalue weighted by Crippen LogP contribution is -1.95. The number of hydrogen-bond donors (Lipinski definition) is 0. The molecule has 0 aromatic heterocycles. The van der Waals surface area contributed by atoms with Crippen molar-refractivity contribution in [2.45, 2.75) is 34.6 Å². The molecule has 2 rings (SSSR count). The van der Waals surface area contributed by atoms with Gasteiger partial charge < -0.3 is 0 Å². The number of ketones is 1. The van der Waals surface area contributed by atoms with Crippen LogP contribution in [0.4, 0.5) is 0 Å². The van der Waals surface area contributed by atoms with E-state index in [0.29, 0.717) is 0 Å². The molecule has 0 aliphatic heterocycles. The topological polar surface area (TPSA) is 17.1 Å². The quantitative estimate of drug-likeness (QED) is 0.687. The van der Waals surface area contributed by atoms with Gasteiger partial charge in [-0.1, -0.05) is 76.8 Å². The van der Waals surface area contributed by atoms with Gasteiger partial charge in [-0.3, -0.25) is 4.79 Å². The monoisotopic (exact) mass is 256 g/mol. The van der Waals surface area contributed by atoms with E-state index in [1.807, 2.05) is 71.0 Å². The molecule has 1 aromatic carbocycles. The number of Topliss-reactive ketones (excluding diaryl/α,β-unsaturated/α-hetero) is 1. The van der Waals surface area contributed by atoms with Crippen molar-refractivity contribution in [1.82, 2.24) is 0 Å². The summed E-state index contributed by atoms with van der Waals surface area (Å²) in [5, 5.41) is 0. The molecule has 1 nitrogen and oxygen atoms in total. The summed E-state index contributed by atoms with van der Waals surface area (Å²) in [6, 6.07) is 7.64. The first kappa shape index (κ1) is 17.1. The molecular formula is C18H24O. The van der Waals surface area contributed by atoms with Gasteiger partial charge in [0.15, 0.2) is 5.78 Å². The zero-order valence-corrected chi connectivity index (χ0v) is 12.7. The largest absolute Gasteiger partial charge is 0.289 e. The molecule has 0 unspecified atom stereocenters. The second-order valence-electron chi connectivity index (χ2n) is 3.41. The second-order valence-corrected chi connectivity index (χ2v) is 3.41. The average Bonchev–Trinajstić information content (AvgIpc) is 2.77. The van der Waals surface area contributed by atoms with Crippen molar-refractivity contribution in [1.29, 1.82) is 0 Å². The normalized spacial score (nSPS) is 12.4. The molecular weight excluding hydrogens is 232 g/mol. The third kappa shape index (κ3) is 3.54. The molecule has 1 aromatic rings. The highest BCUT2D eigenvalue weighted by Gasteiger charge is 2.25. The molecule has 1 aliphatic rings. The first-order valence-electron chi connectivity index (χ1n) is 6.93. The summed E-state index contributed by atoms with van der Waals surface area (Å²) < 4.78 is 0. The van der Waals surface area contributed by atoms with Crippen molar-refractivity contribution < 1.29 is 4.79 Å². The summed E-state index contributed by atoms with van der Waals surface area (Å²) in [6.07, 6.45) is 5.47. The third-order valence-corrected chi connectivity index (χ3v) is 2.53. The lowest BCUT2D eigenvalue weighted by molar-refractivity contribution is 0.104. The third-order valence-electron chi connectivity index (χ3n) is 2.53. The lowest BCUT2D eigenvalue weighted by Gasteiger charge is -1.97. The van der Waals surface area contributed by atoms with E-state index >= 15 is 0 Å². The first-order chi connectivity index (χ1) is 9.29. The van der Waals surface area contributed by atoms with Crippen molar-refractivity contribution in [3.05, 3.63) is 65.8 Å². The summed E-state index contributed by atoms with van der Waals surface area (Å²) in [5.41, 5.74) is 3.45. The van der Waals surface area contributed by atoms with Gasteiger partial charge in [0.2, 0.25) is 0 Å². The van der Waals surface area contributed by atoms with Gasteiger partial charge in [0.25, 0.3) is 0 Å². The predicted molar refractivity (Wildman–Crippen MR) is 85.4 cm³/mol. The molecule has 19 heavy (non-hydrogen) atoms. The number of benzene rings is 1. The number of hydrogen-bond acceptors (Lipinski definition) is 1. The van der Waals surface area contributed by atoms with Crippen molar-refractivity contribution in [3.63, 3.8) is 0 Å². The van der Waals surface area contributed by atoms with Crippen LogP contribution in [0.25, 0.3) is 5.57 Å². The van der Waals surface area contributed by atoms with E-state index in [1.54, 1.807) is 6.08 Å². The van der Waals surface area contributed by atoms with Gasteiger partial charge in [0, 0.05) is 11.1 Å². The minimum absolute atomic E-state index is 0.0959. The fraction of sp³-hybridized carbons (Fsp3) is 0.278. The molecule has 0 amide bonds. The van der Waals surface area contributed by atoms with E-state index in [2.05, 4.69) is 6.58 Å². The number of allylic oxidation sites excluding steroid dienone is 5. The maximum absolute atomic E-state index is 12.0. The van der Waals surface area contributed by atoms with Crippen LogP contribution >= 0.6 is 0 Å². The second kappa shape index (κ2) is 9.09. The Balaban J connectivity index is 0.000000741. The molecule has 0 atom stereocenters. The Labute approximate surface area is 117 Å². The van der Waals surface area contributed by atoms with Crippen LogP contribution in [0.5, 0.6) is 0 Å². The molecule has 0 bridgehead atoms. The van der Waals surface area contributed by atoms with Crippen molar-refractivity contribution in [2.24, 2.45) is 0 Å². The van der Waals surface area contributed by atoms with E-state index in [9.17, 15) is 4.79 Å². The minimum atomic E-state index is 0.0959. The predicted octanol–water partition coefficient (Wildman–Crippen LogP) is 5.45. The molecule has 0 N–H and O–H groups in total. The Hall–Kier alpha value is -1.89. The molecule has 0 spiro atoms. The molecule has 102 valence electrons. The van der Waals surface area contributed by atoms with Gasteiger partial charge in [-0.15, -0.1) is 0 Å². The highest BCUT2D eigenvalue weighted by molar-refractivity contribution is 6.23. The highest BCUT2D eigenvalue weighted by atomic mass is 16.1. The minimum Gasteiger partial charge on any atom is -0.289 e. The van der Waals surface area contributed by atoms with Crippen LogP contribution in [0.3, 0.4) is 0 Å². The van der Waals surface area contributed by atoms with Gasteiger partial charge in [-0.05, 0) is 18.1 Å². The van der Waals surface area contributed by atoms with E-state index in [4.69, 9.17) is 0 Å². The summed E-state index contributed by atoms with van der Waals surface area (Å²) in [5.74, 6) is 0.0959. The molecule has 0 radical (unpaired) electrons. The molecule has 0 fully saturated rings. The van der Waals surface area contributed by atoms with E-state index in [0.717, 1.165) is 22.3 Å². The van der Waals surface area contributed by atoms with Crippen molar-refractivity contribution in [3.8, 4) is 0 Å². The van der Waals surface area contributed by atoms with Crippen molar-refractivity contribution >= 4 is 11.4 Å². The Bertz CT molecular complexity index is 490. The van der Waals surface area contributed by atoms with Gasteiger partial charge in [0.1, 0.15) is 0 Å². The standard InChI is InChI=1S/C14H12O.2C2H6/c1-3-7-12-10(4-2)11-8-5-6-9-13(11)14(12)15;2*1-2/h3-9H,2H2,1H3;2*1-2H3/b7-3-;;. The fourth-order valence-electron chi connectivity index (χ4n) is 1.88. The highest BCUT2D eigenvalue weighted by Crippen LogP contribution is 2.33. The smallest absolute Gasteiger partial charge is 0.194 e. The van der Waals surface area contributed by atoms with E-state index in [1.165, 1.54) is 0 Å². The molecule has 0 saturated heterocycles. The van der Waals surface area contributed by atoms with Crippen LogP contribution in [0, 0.1) is 0 Å². The van der Waals surface area contributed by atoms with Crippen LogP contribution in [0.15, 0.2) is 54.6 Å². The lowest BCUT2D eigenvalue weighted by atomic mass is 10.1. The van der Waals surface area contributed by atoms with Crippen LogP contribution < -0.4 is 0 Å². The number of carbonyl (C=O) groups excluding carboxylic acids is 1. The SMILES string of the molecule is C=CC1=C(/C=C\C)C(=O)c2ccccc21.CC.CC. The molecule has 1 heteroatoms. The Morgan fingerprint density at radius 3 is 1.95 bits per heavy atom. The summed E-state index contributed by atoms with van der Waals surface area (Å²) in [6.45, 7) is 13.7. The zero-order chi connectivity index (χ0) is 14.8. The van der Waals surface area contributed by atoms with E-state index in [-0.39, 0.29) is 5.78 Å². The van der Waals surface area contributed by atoms with Crippen LogP contribution in [0.1, 0.15) is 50.5 Å². The zero-order valence-electron chi connectivity index (χ0n) is 12.7.